The number of rotatable bonds is 3. The van der Waals surface area contributed by atoms with Crippen LogP contribution >= 0.6 is 9.53 Å². The van der Waals surface area contributed by atoms with Crippen molar-refractivity contribution in [3.8, 4) is 0 Å². The monoisotopic (exact) mass is 262 g/mol. The third-order valence-electron chi connectivity index (χ3n) is 1.31. The summed E-state index contributed by atoms with van der Waals surface area (Å²) in [6.45, 7) is 0.577. The van der Waals surface area contributed by atoms with Gasteiger partial charge in [-0.05, 0) is 0 Å². The average molecular weight is 263 g/mol. The van der Waals surface area contributed by atoms with Gasteiger partial charge in [0.15, 0.2) is 0 Å². The van der Waals surface area contributed by atoms with E-state index < -0.39 is 0 Å². The summed E-state index contributed by atoms with van der Waals surface area (Å²) in [6, 6.07) is 6.15. The third-order valence-corrected chi connectivity index (χ3v) is 3.12. The number of hydrogen-bond donors (Lipinski definition) is 1. The van der Waals surface area contributed by atoms with Gasteiger partial charge in [-0.1, -0.05) is 0 Å². The average Bonchev–Trinajstić information content (AvgIpc) is 2.09. The topological polar surface area (TPSA) is 26.0 Å². The Kier molecular flexibility index (Phi) is 3.46. The van der Waals surface area contributed by atoms with Crippen LogP contribution in [-0.2, 0) is 23.4 Å². The molecule has 0 aromatic heterocycles. The molecule has 0 unspecified atom stereocenters. The van der Waals surface area contributed by atoms with Crippen molar-refractivity contribution in [3.63, 3.8) is 0 Å². The molecule has 0 saturated heterocycles. The van der Waals surface area contributed by atoms with E-state index in [0.717, 1.165) is 16.0 Å². The predicted octanol–water partition coefficient (Wildman–Crippen LogP) is 1.05. The molecule has 0 aliphatic heterocycles. The Balaban J connectivity index is 3.02. The van der Waals surface area contributed by atoms with Gasteiger partial charge < -0.3 is 0 Å². The van der Waals surface area contributed by atoms with Gasteiger partial charge in [0.1, 0.15) is 0 Å². The summed E-state index contributed by atoms with van der Waals surface area (Å²) in [5.74, 6) is 0. The SMILES string of the molecule is [2H]c1ccc[c]([Pd][Cl])c1CCN. The molecule has 0 bridgehead atoms. The molecule has 0 heterocycles. The Labute approximate surface area is 80.5 Å². The van der Waals surface area contributed by atoms with Crippen LogP contribution in [0.15, 0.2) is 24.2 Å². The Hall–Kier alpha value is 0.132. The fourth-order valence-corrected chi connectivity index (χ4v) is 2.22. The van der Waals surface area contributed by atoms with Crippen molar-refractivity contribution < 1.29 is 18.3 Å². The van der Waals surface area contributed by atoms with Crippen LogP contribution in [-0.4, -0.2) is 6.54 Å². The fraction of sp³-hybridized carbons (Fsp3) is 0.250. The number of hydrogen-bond acceptors (Lipinski definition) is 1. The molecule has 0 spiro atoms. The first-order valence-electron chi connectivity index (χ1n) is 3.78. The normalized spacial score (nSPS) is 11.6. The standard InChI is InChI=1S/C8H10N.ClH.Pd/c9-7-6-8-4-2-1-3-5-8;;/h1-4H,6-7,9H2;1H;/q;;+1/p-1/i4D;;. The summed E-state index contributed by atoms with van der Waals surface area (Å²) in [4.78, 5) is 0. The summed E-state index contributed by atoms with van der Waals surface area (Å²) in [6.07, 6.45) is 0.750. The van der Waals surface area contributed by atoms with Gasteiger partial charge in [0.05, 0.1) is 0 Å². The van der Waals surface area contributed by atoms with E-state index in [4.69, 9.17) is 16.6 Å². The van der Waals surface area contributed by atoms with Gasteiger partial charge in [-0.2, -0.15) is 0 Å². The summed E-state index contributed by atoms with van der Waals surface area (Å²) < 4.78 is 8.68. The van der Waals surface area contributed by atoms with Crippen LogP contribution in [0.25, 0.3) is 0 Å². The summed E-state index contributed by atoms with van der Waals surface area (Å²) in [5.41, 5.74) is 6.44. The first-order valence-corrected chi connectivity index (χ1v) is 6.06. The first-order chi connectivity index (χ1) is 5.79. The van der Waals surface area contributed by atoms with E-state index in [1.54, 1.807) is 6.07 Å². The van der Waals surface area contributed by atoms with E-state index in [2.05, 4.69) is 0 Å². The van der Waals surface area contributed by atoms with Gasteiger partial charge in [-0.3, -0.25) is 0 Å². The molecule has 0 aliphatic rings. The van der Waals surface area contributed by atoms with Crippen LogP contribution in [0.5, 0.6) is 0 Å². The van der Waals surface area contributed by atoms with E-state index in [1.807, 2.05) is 12.1 Å². The van der Waals surface area contributed by atoms with E-state index in [1.165, 1.54) is 0 Å². The van der Waals surface area contributed by atoms with E-state index >= 15 is 0 Å². The molecule has 2 N–H and O–H groups in total. The molecule has 0 amide bonds. The molecule has 64 valence electrons. The molecule has 1 aromatic carbocycles. The van der Waals surface area contributed by atoms with Gasteiger partial charge in [0, 0.05) is 0 Å². The second kappa shape index (κ2) is 4.90. The van der Waals surface area contributed by atoms with Crippen LogP contribution in [0.3, 0.4) is 0 Å². The summed E-state index contributed by atoms with van der Waals surface area (Å²) in [5, 5.41) is 0. The number of halogens is 1. The van der Waals surface area contributed by atoms with Gasteiger partial charge in [0.2, 0.25) is 0 Å². The molecule has 1 nitrogen and oxygen atoms in total. The van der Waals surface area contributed by atoms with Crippen molar-refractivity contribution >= 4 is 13.6 Å². The third kappa shape index (κ3) is 2.57. The summed E-state index contributed by atoms with van der Waals surface area (Å²) >= 11 is 0.0489. The second-order valence-corrected chi connectivity index (χ2v) is 3.90. The van der Waals surface area contributed by atoms with Crippen molar-refractivity contribution in [1.29, 1.82) is 0 Å². The van der Waals surface area contributed by atoms with Crippen molar-refractivity contribution in [2.45, 2.75) is 6.42 Å². The Morgan fingerprint density at radius 1 is 1.64 bits per heavy atom. The van der Waals surface area contributed by atoms with Crippen molar-refractivity contribution in [2.24, 2.45) is 5.73 Å². The first kappa shape index (κ1) is 7.76. The van der Waals surface area contributed by atoms with Gasteiger partial charge >= 0.3 is 80.4 Å². The van der Waals surface area contributed by atoms with Crippen LogP contribution < -0.4 is 9.77 Å². The van der Waals surface area contributed by atoms with Crippen molar-refractivity contribution in [3.05, 3.63) is 29.8 Å². The van der Waals surface area contributed by atoms with E-state index in [9.17, 15) is 0 Å². The molecule has 0 aliphatic carbocycles. The molecule has 1 aromatic rings. The molecular formula is C8H10ClNPd. The van der Waals surface area contributed by atoms with Crippen LogP contribution in [0.1, 0.15) is 6.93 Å². The summed E-state index contributed by atoms with van der Waals surface area (Å²) in [7, 11) is 5.77. The zero-order valence-electron chi connectivity index (χ0n) is 6.92. The van der Waals surface area contributed by atoms with Crippen LogP contribution in [0, 0.1) is 0 Å². The quantitative estimate of drug-likeness (QED) is 0.810. The molecule has 0 fully saturated rings. The maximum absolute atomic E-state index is 7.61. The van der Waals surface area contributed by atoms with E-state index in [0.29, 0.717) is 12.6 Å². The molecular weight excluding hydrogens is 252 g/mol. The number of nitrogens with two attached hydrogens (primary N) is 1. The fourth-order valence-electron chi connectivity index (χ4n) is 0.825. The Morgan fingerprint density at radius 2 is 2.45 bits per heavy atom. The Morgan fingerprint density at radius 3 is 3.09 bits per heavy atom. The Bertz CT molecular complexity index is 267. The van der Waals surface area contributed by atoms with Gasteiger partial charge in [-0.15, -0.1) is 0 Å². The van der Waals surface area contributed by atoms with Crippen molar-refractivity contribution in [2.75, 3.05) is 6.54 Å². The van der Waals surface area contributed by atoms with Gasteiger partial charge in [0.25, 0.3) is 0 Å². The molecule has 3 heteroatoms. The zero-order chi connectivity index (χ0) is 8.97. The number of benzene rings is 1. The molecule has 0 radical (unpaired) electrons. The predicted molar refractivity (Wildman–Crippen MR) is 44.7 cm³/mol. The molecule has 0 atom stereocenters. The van der Waals surface area contributed by atoms with Gasteiger partial charge in [-0.25, -0.2) is 0 Å². The minimum absolute atomic E-state index is 0.0489. The second-order valence-electron chi connectivity index (χ2n) is 2.06. The minimum atomic E-state index is 0.0489. The molecule has 11 heavy (non-hydrogen) atoms. The van der Waals surface area contributed by atoms with Crippen molar-refractivity contribution in [1.82, 2.24) is 0 Å². The maximum atomic E-state index is 7.61. The van der Waals surface area contributed by atoms with E-state index in [-0.39, 0.29) is 17.0 Å². The molecule has 1 rings (SSSR count). The zero-order valence-corrected chi connectivity index (χ0v) is 8.23. The van der Waals surface area contributed by atoms with Crippen LogP contribution in [0.2, 0.25) is 0 Å². The van der Waals surface area contributed by atoms with Crippen LogP contribution in [0.4, 0.5) is 0 Å². The molecule has 0 saturated carbocycles.